The molecule has 2 heterocycles. The van der Waals surface area contributed by atoms with Crippen LogP contribution in [0.2, 0.25) is 5.02 Å². The van der Waals surface area contributed by atoms with Gasteiger partial charge in [0.15, 0.2) is 17.3 Å². The fourth-order valence-corrected chi connectivity index (χ4v) is 4.68. The number of rotatable bonds is 6. The predicted molar refractivity (Wildman–Crippen MR) is 123 cm³/mol. The van der Waals surface area contributed by atoms with Crippen molar-refractivity contribution in [3.05, 3.63) is 58.4 Å². The van der Waals surface area contributed by atoms with Gasteiger partial charge in [0.2, 0.25) is 5.91 Å². The lowest BCUT2D eigenvalue weighted by molar-refractivity contribution is -0.136. The maximum Gasteiger partial charge on any atom is 0.239 e. The molecule has 2 aliphatic rings. The Labute approximate surface area is 198 Å². The minimum atomic E-state index is -0.423. The molecule has 0 bridgehead atoms. The van der Waals surface area contributed by atoms with Gasteiger partial charge >= 0.3 is 0 Å². The SMILES string of the molecule is CC(C(=O)N(C)Cc1c(F)cccc1Cl)N1CCC(C(=O)c2ccc3c(c2)OCCO3)CC1. The maximum absolute atomic E-state index is 14.1. The first-order valence-corrected chi connectivity index (χ1v) is 11.6. The number of likely N-dealkylation sites (N-methyl/N-ethyl adjacent to an activating group) is 1. The molecule has 1 fully saturated rings. The van der Waals surface area contributed by atoms with Crippen molar-refractivity contribution >= 4 is 23.3 Å². The molecule has 33 heavy (non-hydrogen) atoms. The molecule has 176 valence electrons. The van der Waals surface area contributed by atoms with E-state index in [1.807, 2.05) is 6.92 Å². The second-order valence-corrected chi connectivity index (χ2v) is 9.01. The van der Waals surface area contributed by atoms with Gasteiger partial charge < -0.3 is 14.4 Å². The molecule has 0 saturated carbocycles. The van der Waals surface area contributed by atoms with E-state index in [1.165, 1.54) is 11.0 Å². The van der Waals surface area contributed by atoms with E-state index in [4.69, 9.17) is 21.1 Å². The highest BCUT2D eigenvalue weighted by Crippen LogP contribution is 2.33. The topological polar surface area (TPSA) is 59.1 Å². The summed E-state index contributed by atoms with van der Waals surface area (Å²) in [5.41, 5.74) is 0.939. The molecule has 0 N–H and O–H groups in total. The van der Waals surface area contributed by atoms with Crippen LogP contribution in [0.25, 0.3) is 0 Å². The van der Waals surface area contributed by atoms with Crippen LogP contribution in [-0.2, 0) is 11.3 Å². The van der Waals surface area contributed by atoms with E-state index in [0.29, 0.717) is 66.8 Å². The molecule has 2 aromatic rings. The molecule has 0 aliphatic carbocycles. The largest absolute Gasteiger partial charge is 0.486 e. The third-order valence-electron chi connectivity index (χ3n) is 6.47. The first-order chi connectivity index (χ1) is 15.8. The number of likely N-dealkylation sites (tertiary alicyclic amines) is 1. The van der Waals surface area contributed by atoms with Gasteiger partial charge in [0.1, 0.15) is 19.0 Å². The summed E-state index contributed by atoms with van der Waals surface area (Å²) in [5, 5.41) is 0.306. The number of hydrogen-bond acceptors (Lipinski definition) is 5. The standard InChI is InChI=1S/C25H28ClFN2O4/c1-16(25(31)28(2)15-19-20(26)4-3-5-21(19)27)29-10-8-17(9-11-29)24(30)18-6-7-22-23(14-18)33-13-12-32-22/h3-7,14,16-17H,8-13,15H2,1-2H3. The summed E-state index contributed by atoms with van der Waals surface area (Å²) in [6.07, 6.45) is 1.35. The monoisotopic (exact) mass is 474 g/mol. The zero-order valence-electron chi connectivity index (χ0n) is 18.9. The number of hydrogen-bond donors (Lipinski definition) is 0. The van der Waals surface area contributed by atoms with Crippen LogP contribution in [-0.4, -0.2) is 60.9 Å². The third kappa shape index (κ3) is 5.14. The second kappa shape index (κ2) is 10.1. The molecular weight excluding hydrogens is 447 g/mol. The van der Waals surface area contributed by atoms with E-state index in [1.54, 1.807) is 37.4 Å². The van der Waals surface area contributed by atoms with E-state index in [2.05, 4.69) is 4.90 Å². The highest BCUT2D eigenvalue weighted by atomic mass is 35.5. The van der Waals surface area contributed by atoms with Gasteiger partial charge in [-0.25, -0.2) is 4.39 Å². The molecule has 0 spiro atoms. The molecule has 2 aromatic carbocycles. The fourth-order valence-electron chi connectivity index (χ4n) is 4.45. The number of fused-ring (bicyclic) bond motifs is 1. The number of ether oxygens (including phenoxy) is 2. The highest BCUT2D eigenvalue weighted by molar-refractivity contribution is 6.31. The van der Waals surface area contributed by atoms with Gasteiger partial charge in [-0.15, -0.1) is 0 Å². The Morgan fingerprint density at radius 3 is 2.55 bits per heavy atom. The van der Waals surface area contributed by atoms with E-state index >= 15 is 0 Å². The number of ketones is 1. The van der Waals surface area contributed by atoms with Gasteiger partial charge in [-0.3, -0.25) is 14.5 Å². The number of piperidine rings is 1. The second-order valence-electron chi connectivity index (χ2n) is 8.60. The molecular formula is C25H28ClFN2O4. The number of Topliss-reactive ketones (excluding diaryl/α,β-unsaturated/α-hetero) is 1. The van der Waals surface area contributed by atoms with Gasteiger partial charge in [0.25, 0.3) is 0 Å². The Hall–Kier alpha value is -2.64. The average molecular weight is 475 g/mol. The minimum Gasteiger partial charge on any atom is -0.486 e. The molecule has 1 unspecified atom stereocenters. The van der Waals surface area contributed by atoms with Crippen LogP contribution in [0.15, 0.2) is 36.4 Å². The molecule has 8 heteroatoms. The quantitative estimate of drug-likeness (QED) is 0.587. The van der Waals surface area contributed by atoms with Crippen LogP contribution in [0.5, 0.6) is 11.5 Å². The summed E-state index contributed by atoms with van der Waals surface area (Å²) < 4.78 is 25.2. The zero-order valence-corrected chi connectivity index (χ0v) is 19.6. The summed E-state index contributed by atoms with van der Waals surface area (Å²) in [6.45, 7) is 4.23. The number of carbonyl (C=O) groups excluding carboxylic acids is 2. The molecule has 0 aromatic heterocycles. The van der Waals surface area contributed by atoms with Crippen LogP contribution in [0.3, 0.4) is 0 Å². The molecule has 2 aliphatic heterocycles. The summed E-state index contributed by atoms with van der Waals surface area (Å²) in [5.74, 6) is 0.750. The van der Waals surface area contributed by atoms with E-state index in [0.717, 1.165) is 0 Å². The number of carbonyl (C=O) groups is 2. The first-order valence-electron chi connectivity index (χ1n) is 11.2. The van der Waals surface area contributed by atoms with Crippen molar-refractivity contribution in [3.8, 4) is 11.5 Å². The lowest BCUT2D eigenvalue weighted by atomic mass is 9.88. The van der Waals surface area contributed by atoms with Gasteiger partial charge in [0.05, 0.1) is 6.04 Å². The Bertz CT molecular complexity index is 1020. The number of amides is 1. The van der Waals surface area contributed by atoms with Crippen molar-refractivity contribution in [3.63, 3.8) is 0 Å². The number of benzene rings is 2. The smallest absolute Gasteiger partial charge is 0.239 e. The highest BCUT2D eigenvalue weighted by Gasteiger charge is 2.32. The fraction of sp³-hybridized carbons (Fsp3) is 0.440. The summed E-state index contributed by atoms with van der Waals surface area (Å²) in [4.78, 5) is 29.6. The summed E-state index contributed by atoms with van der Waals surface area (Å²) >= 11 is 6.11. The Morgan fingerprint density at radius 2 is 1.85 bits per heavy atom. The molecule has 0 radical (unpaired) electrons. The minimum absolute atomic E-state index is 0.0944. The molecule has 1 atom stereocenters. The third-order valence-corrected chi connectivity index (χ3v) is 6.82. The van der Waals surface area contributed by atoms with Crippen molar-refractivity contribution in [1.82, 2.24) is 9.80 Å². The first kappa shape index (κ1) is 23.5. The van der Waals surface area contributed by atoms with Crippen molar-refractivity contribution < 1.29 is 23.5 Å². The summed E-state index contributed by atoms with van der Waals surface area (Å²) in [7, 11) is 1.65. The predicted octanol–water partition coefficient (Wildman–Crippen LogP) is 4.19. The Kier molecular flexibility index (Phi) is 7.20. The lowest BCUT2D eigenvalue weighted by Crippen LogP contribution is -2.49. The van der Waals surface area contributed by atoms with E-state index in [9.17, 15) is 14.0 Å². The van der Waals surface area contributed by atoms with Crippen LogP contribution in [0.1, 0.15) is 35.7 Å². The van der Waals surface area contributed by atoms with Gasteiger partial charge in [0, 0.05) is 35.7 Å². The van der Waals surface area contributed by atoms with Gasteiger partial charge in [-0.1, -0.05) is 17.7 Å². The maximum atomic E-state index is 14.1. The van der Waals surface area contributed by atoms with Gasteiger partial charge in [-0.2, -0.15) is 0 Å². The summed E-state index contributed by atoms with van der Waals surface area (Å²) in [6, 6.07) is 9.47. The van der Waals surface area contributed by atoms with Crippen molar-refractivity contribution in [2.24, 2.45) is 5.92 Å². The van der Waals surface area contributed by atoms with Crippen molar-refractivity contribution in [2.45, 2.75) is 32.4 Å². The van der Waals surface area contributed by atoms with Crippen LogP contribution >= 0.6 is 11.6 Å². The van der Waals surface area contributed by atoms with Crippen LogP contribution < -0.4 is 9.47 Å². The zero-order chi connectivity index (χ0) is 23.5. The molecule has 1 amide bonds. The van der Waals surface area contributed by atoms with Crippen LogP contribution in [0.4, 0.5) is 4.39 Å². The average Bonchev–Trinajstić information content (AvgIpc) is 2.84. The number of halogens is 2. The van der Waals surface area contributed by atoms with Gasteiger partial charge in [-0.05, 0) is 63.2 Å². The van der Waals surface area contributed by atoms with Crippen molar-refractivity contribution in [1.29, 1.82) is 0 Å². The van der Waals surface area contributed by atoms with E-state index < -0.39 is 5.82 Å². The Morgan fingerprint density at radius 1 is 1.15 bits per heavy atom. The molecule has 6 nitrogen and oxygen atoms in total. The van der Waals surface area contributed by atoms with E-state index in [-0.39, 0.29) is 30.2 Å². The lowest BCUT2D eigenvalue weighted by Gasteiger charge is -2.36. The molecule has 4 rings (SSSR count). The van der Waals surface area contributed by atoms with Crippen molar-refractivity contribution in [2.75, 3.05) is 33.4 Å². The van der Waals surface area contributed by atoms with Crippen LogP contribution in [0, 0.1) is 11.7 Å². The Balaban J connectivity index is 1.33. The molecule has 1 saturated heterocycles. The normalized spacial score (nSPS) is 17.5. The number of nitrogens with zero attached hydrogens (tertiary/aromatic N) is 2.